The van der Waals surface area contributed by atoms with Gasteiger partial charge in [-0.05, 0) is 36.4 Å². The monoisotopic (exact) mass is 285 g/mol. The van der Waals surface area contributed by atoms with Crippen LogP contribution in [0.4, 0.5) is 5.69 Å². The molecule has 1 aliphatic rings. The number of nitrogens with two attached hydrogens (primary N) is 1. The molecule has 3 aromatic rings. The lowest BCUT2D eigenvalue weighted by atomic mass is 10.3. The van der Waals surface area contributed by atoms with Gasteiger partial charge in [0.1, 0.15) is 5.75 Å². The molecule has 0 bridgehead atoms. The van der Waals surface area contributed by atoms with E-state index in [4.69, 9.17) is 15.5 Å². The summed E-state index contributed by atoms with van der Waals surface area (Å²) in [5.41, 5.74) is 9.01. The first-order valence-electron chi connectivity index (χ1n) is 6.67. The summed E-state index contributed by atoms with van der Waals surface area (Å²) in [5, 5.41) is 2.02. The lowest BCUT2D eigenvalue weighted by Crippen LogP contribution is -1.97. The fourth-order valence-corrected chi connectivity index (χ4v) is 3.37. The van der Waals surface area contributed by atoms with Crippen LogP contribution >= 0.6 is 11.3 Å². The Morgan fingerprint density at radius 3 is 2.85 bits per heavy atom. The Morgan fingerprint density at radius 2 is 2.20 bits per heavy atom. The van der Waals surface area contributed by atoms with Crippen molar-refractivity contribution in [3.05, 3.63) is 29.6 Å². The molecule has 1 aliphatic carbocycles. The number of rotatable bonds is 3. The van der Waals surface area contributed by atoms with Crippen molar-refractivity contribution in [2.75, 3.05) is 12.8 Å². The number of anilines is 1. The zero-order valence-corrected chi connectivity index (χ0v) is 12.0. The van der Waals surface area contributed by atoms with Gasteiger partial charge in [0.25, 0.3) is 0 Å². The molecule has 102 valence electrons. The number of imidazole rings is 1. The van der Waals surface area contributed by atoms with Gasteiger partial charge in [0.2, 0.25) is 0 Å². The van der Waals surface area contributed by atoms with Crippen LogP contribution in [0, 0.1) is 0 Å². The van der Waals surface area contributed by atoms with Gasteiger partial charge in [-0.2, -0.15) is 0 Å². The molecular weight excluding hydrogens is 270 g/mol. The zero-order chi connectivity index (χ0) is 13.7. The van der Waals surface area contributed by atoms with E-state index < -0.39 is 0 Å². The Balaban J connectivity index is 1.99. The van der Waals surface area contributed by atoms with Gasteiger partial charge in [-0.15, -0.1) is 11.3 Å². The van der Waals surface area contributed by atoms with Gasteiger partial charge in [0.15, 0.2) is 5.82 Å². The molecule has 0 aliphatic heterocycles. The van der Waals surface area contributed by atoms with Crippen LogP contribution in [0.1, 0.15) is 18.9 Å². The molecule has 2 aromatic heterocycles. The highest BCUT2D eigenvalue weighted by molar-refractivity contribution is 7.14. The Kier molecular flexibility index (Phi) is 2.50. The maximum atomic E-state index is 6.07. The first-order chi connectivity index (χ1) is 9.78. The lowest BCUT2D eigenvalue weighted by Gasteiger charge is -2.07. The second-order valence-electron chi connectivity index (χ2n) is 5.10. The Bertz CT molecular complexity index is 786. The number of ether oxygens (including phenoxy) is 1. The topological polar surface area (TPSA) is 53.1 Å². The van der Waals surface area contributed by atoms with Gasteiger partial charge in [-0.25, -0.2) is 4.98 Å². The highest BCUT2D eigenvalue weighted by Crippen LogP contribution is 2.43. The molecule has 2 heterocycles. The molecule has 4 nitrogen and oxygen atoms in total. The minimum atomic E-state index is 0.560. The minimum Gasteiger partial charge on any atom is -0.497 e. The standard InChI is InChI=1S/C15H15N3OS/c1-19-10-4-5-13-12(8-10)17-15(18(13)9-2-3-9)14-11(16)6-7-20-14/h4-9H,2-3,16H2,1H3. The number of nitrogen functional groups attached to an aromatic ring is 1. The van der Waals surface area contributed by atoms with Crippen LogP contribution in [0.25, 0.3) is 21.7 Å². The molecule has 0 atom stereocenters. The molecule has 0 unspecified atom stereocenters. The summed E-state index contributed by atoms with van der Waals surface area (Å²) in [5.74, 6) is 1.83. The summed E-state index contributed by atoms with van der Waals surface area (Å²) in [4.78, 5) is 5.86. The fraction of sp³-hybridized carbons (Fsp3) is 0.267. The maximum absolute atomic E-state index is 6.07. The molecule has 4 rings (SSSR count). The third-order valence-electron chi connectivity index (χ3n) is 3.71. The largest absolute Gasteiger partial charge is 0.497 e. The quantitative estimate of drug-likeness (QED) is 0.798. The Morgan fingerprint density at radius 1 is 1.35 bits per heavy atom. The number of methoxy groups -OCH3 is 1. The van der Waals surface area contributed by atoms with E-state index in [-0.39, 0.29) is 0 Å². The summed E-state index contributed by atoms with van der Waals surface area (Å²) in [7, 11) is 1.68. The third kappa shape index (κ3) is 1.70. The normalized spacial score (nSPS) is 14.8. The molecule has 1 saturated carbocycles. The zero-order valence-electron chi connectivity index (χ0n) is 11.2. The average Bonchev–Trinajstić information content (AvgIpc) is 3.10. The van der Waals surface area contributed by atoms with Crippen LogP contribution in [0.3, 0.4) is 0 Å². The predicted molar refractivity (Wildman–Crippen MR) is 82.3 cm³/mol. The maximum Gasteiger partial charge on any atom is 0.153 e. The van der Waals surface area contributed by atoms with E-state index in [1.165, 1.54) is 12.8 Å². The smallest absolute Gasteiger partial charge is 0.153 e. The number of benzene rings is 1. The molecule has 0 amide bonds. The van der Waals surface area contributed by atoms with Gasteiger partial charge in [0.05, 0.1) is 28.7 Å². The predicted octanol–water partition coefficient (Wildman–Crippen LogP) is 3.69. The molecule has 1 fully saturated rings. The average molecular weight is 285 g/mol. The van der Waals surface area contributed by atoms with E-state index in [2.05, 4.69) is 10.6 Å². The van der Waals surface area contributed by atoms with Crippen LogP contribution in [-0.4, -0.2) is 16.7 Å². The van der Waals surface area contributed by atoms with Crippen LogP contribution in [-0.2, 0) is 0 Å². The van der Waals surface area contributed by atoms with Crippen molar-refractivity contribution in [2.45, 2.75) is 18.9 Å². The highest BCUT2D eigenvalue weighted by atomic mass is 32.1. The van der Waals surface area contributed by atoms with Gasteiger partial charge in [0, 0.05) is 12.1 Å². The summed E-state index contributed by atoms with van der Waals surface area (Å²) in [6.07, 6.45) is 2.44. The van der Waals surface area contributed by atoms with Crippen LogP contribution < -0.4 is 10.5 Å². The molecule has 0 saturated heterocycles. The molecule has 0 spiro atoms. The van der Waals surface area contributed by atoms with Crippen molar-refractivity contribution >= 4 is 28.1 Å². The van der Waals surface area contributed by atoms with Crippen molar-refractivity contribution in [3.8, 4) is 16.5 Å². The van der Waals surface area contributed by atoms with Gasteiger partial charge in [-0.1, -0.05) is 0 Å². The Hall–Kier alpha value is -2.01. The van der Waals surface area contributed by atoms with Crippen LogP contribution in [0.5, 0.6) is 5.75 Å². The first-order valence-corrected chi connectivity index (χ1v) is 7.55. The molecule has 2 N–H and O–H groups in total. The number of thiophene rings is 1. The van der Waals surface area contributed by atoms with Crippen molar-refractivity contribution < 1.29 is 4.74 Å². The summed E-state index contributed by atoms with van der Waals surface area (Å²) in [6.45, 7) is 0. The second kappa shape index (κ2) is 4.24. The van der Waals surface area contributed by atoms with Gasteiger partial charge < -0.3 is 15.0 Å². The molecular formula is C15H15N3OS. The minimum absolute atomic E-state index is 0.560. The molecule has 0 radical (unpaired) electrons. The van der Waals surface area contributed by atoms with E-state index in [0.717, 1.165) is 33.2 Å². The number of hydrogen-bond acceptors (Lipinski definition) is 4. The first kappa shape index (κ1) is 11.8. The van der Waals surface area contributed by atoms with E-state index >= 15 is 0 Å². The van der Waals surface area contributed by atoms with Crippen LogP contribution in [0.2, 0.25) is 0 Å². The van der Waals surface area contributed by atoms with Crippen molar-refractivity contribution in [1.82, 2.24) is 9.55 Å². The van der Waals surface area contributed by atoms with E-state index in [9.17, 15) is 0 Å². The van der Waals surface area contributed by atoms with E-state index in [1.807, 2.05) is 23.6 Å². The fourth-order valence-electron chi connectivity index (χ4n) is 2.57. The van der Waals surface area contributed by atoms with E-state index in [0.29, 0.717) is 6.04 Å². The summed E-state index contributed by atoms with van der Waals surface area (Å²) < 4.78 is 7.62. The highest BCUT2D eigenvalue weighted by Gasteiger charge is 2.29. The number of nitrogens with zero attached hydrogens (tertiary/aromatic N) is 2. The van der Waals surface area contributed by atoms with E-state index in [1.54, 1.807) is 18.4 Å². The van der Waals surface area contributed by atoms with Crippen molar-refractivity contribution in [2.24, 2.45) is 0 Å². The Labute approximate surface area is 120 Å². The second-order valence-corrected chi connectivity index (χ2v) is 6.01. The lowest BCUT2D eigenvalue weighted by molar-refractivity contribution is 0.415. The number of hydrogen-bond donors (Lipinski definition) is 1. The molecule has 20 heavy (non-hydrogen) atoms. The SMILES string of the molecule is COc1ccc2c(c1)nc(-c1sccc1N)n2C1CC1. The van der Waals surface area contributed by atoms with Crippen molar-refractivity contribution in [1.29, 1.82) is 0 Å². The molecule has 5 heteroatoms. The van der Waals surface area contributed by atoms with Crippen molar-refractivity contribution in [3.63, 3.8) is 0 Å². The summed E-state index contributed by atoms with van der Waals surface area (Å²) >= 11 is 1.65. The number of fused-ring (bicyclic) bond motifs is 1. The number of aromatic nitrogens is 2. The van der Waals surface area contributed by atoms with Gasteiger partial charge in [-0.3, -0.25) is 0 Å². The van der Waals surface area contributed by atoms with Crippen LogP contribution in [0.15, 0.2) is 29.6 Å². The molecule has 1 aromatic carbocycles. The third-order valence-corrected chi connectivity index (χ3v) is 4.63. The summed E-state index contributed by atoms with van der Waals surface area (Å²) in [6, 6.07) is 8.57. The van der Waals surface area contributed by atoms with Gasteiger partial charge >= 0.3 is 0 Å².